The highest BCUT2D eigenvalue weighted by Crippen LogP contribution is 2.45. The third-order valence-electron chi connectivity index (χ3n) is 5.19. The molecule has 1 aliphatic carbocycles. The Kier molecular flexibility index (Phi) is 5.98. The van der Waals surface area contributed by atoms with Crippen molar-refractivity contribution in [3.8, 4) is 27.3 Å². The quantitative estimate of drug-likeness (QED) is 0.569. The van der Waals surface area contributed by atoms with E-state index in [1.165, 1.54) is 5.56 Å². The maximum atomic E-state index is 10.8. The van der Waals surface area contributed by atoms with Crippen LogP contribution in [0.1, 0.15) is 43.0 Å². The summed E-state index contributed by atoms with van der Waals surface area (Å²) in [6.45, 7) is 3.68. The first-order chi connectivity index (χ1) is 15.0. The molecule has 158 valence electrons. The maximum absolute atomic E-state index is 10.8. The molecule has 1 N–H and O–H groups in total. The summed E-state index contributed by atoms with van der Waals surface area (Å²) in [7, 11) is -0.500. The number of aromatic nitrogens is 2. The zero-order valence-electron chi connectivity index (χ0n) is 17.3. The zero-order chi connectivity index (χ0) is 22.0. The highest BCUT2D eigenvalue weighted by Gasteiger charge is 2.30. The minimum atomic E-state index is -1.11. The standard InChI is InChI=1S/C23H22N4O3S/c1-14(2)30-21-9-6-16(10-15(21)11-24)31-13-26-27-23(31)19-5-3-4-18-17(19)7-8-20(18)25-12-22(28)29/h3-6,9-10,13-14,20,25H,7-8,12H2,1-2H3/t20-,31?/m1/s1. The van der Waals surface area contributed by atoms with Gasteiger partial charge >= 0.3 is 0 Å². The van der Waals surface area contributed by atoms with Gasteiger partial charge in [-0.15, -0.1) is 0 Å². The number of aliphatic carboxylic acids is 1. The summed E-state index contributed by atoms with van der Waals surface area (Å²) in [4.78, 5) is 11.8. The molecular formula is C23H22N4O3S. The van der Waals surface area contributed by atoms with Crippen LogP contribution in [0.25, 0.3) is 15.5 Å². The molecule has 1 aliphatic rings. The number of carboxylic acid groups (broad SMARTS) is 1. The molecule has 3 aromatic rings. The number of hydrogen-bond acceptors (Lipinski definition) is 7. The Morgan fingerprint density at radius 1 is 1.39 bits per heavy atom. The summed E-state index contributed by atoms with van der Waals surface area (Å²) in [6, 6.07) is 13.9. The number of nitrogens with zero attached hydrogens (tertiary/aromatic N) is 3. The van der Waals surface area contributed by atoms with E-state index in [2.05, 4.69) is 21.6 Å². The van der Waals surface area contributed by atoms with Gasteiger partial charge in [0, 0.05) is 24.7 Å². The molecule has 0 spiro atoms. The number of ether oxygens (including phenoxy) is 1. The van der Waals surface area contributed by atoms with Crippen molar-refractivity contribution >= 4 is 16.4 Å². The molecule has 0 radical (unpaired) electrons. The summed E-state index contributed by atoms with van der Waals surface area (Å²) in [5.41, 5.74) is 5.59. The number of benzene rings is 2. The van der Waals surface area contributed by atoms with Crippen LogP contribution < -0.4 is 15.2 Å². The molecular weight excluding hydrogens is 412 g/mol. The van der Waals surface area contributed by atoms with Crippen LogP contribution in [0.5, 0.6) is 5.75 Å². The minimum absolute atomic E-state index is 0.0177. The van der Waals surface area contributed by atoms with E-state index in [-0.39, 0.29) is 18.7 Å². The Morgan fingerprint density at radius 2 is 2.23 bits per heavy atom. The van der Waals surface area contributed by atoms with Crippen molar-refractivity contribution in [2.24, 2.45) is 0 Å². The summed E-state index contributed by atoms with van der Waals surface area (Å²) >= 11 is 0. The second-order valence-corrected chi connectivity index (χ2v) is 9.36. The third-order valence-corrected chi connectivity index (χ3v) is 6.98. The molecule has 1 heterocycles. The van der Waals surface area contributed by atoms with Crippen LogP contribution in [0.2, 0.25) is 0 Å². The van der Waals surface area contributed by atoms with Crippen molar-refractivity contribution in [2.75, 3.05) is 6.54 Å². The Labute approximate surface area is 183 Å². The lowest BCUT2D eigenvalue weighted by Crippen LogP contribution is -2.35. The van der Waals surface area contributed by atoms with Crippen LogP contribution in [0, 0.1) is 11.3 Å². The van der Waals surface area contributed by atoms with Gasteiger partial charge in [0.15, 0.2) is 4.90 Å². The SMILES string of the molecule is CC(C)Oc1ccc(-[s+]2cnnc2-c2cccc3c2CC[C@H]3NCC(=O)[O-])cc1C#N. The van der Waals surface area contributed by atoms with Crippen LogP contribution in [-0.4, -0.2) is 28.8 Å². The molecule has 1 aromatic heterocycles. The number of fused-ring (bicyclic) bond motifs is 1. The van der Waals surface area contributed by atoms with Crippen molar-refractivity contribution in [1.29, 1.82) is 5.26 Å². The first-order valence-electron chi connectivity index (χ1n) is 10.1. The number of carbonyl (C=O) groups excluding carboxylic acids is 1. The lowest BCUT2D eigenvalue weighted by atomic mass is 10.0. The van der Waals surface area contributed by atoms with Gasteiger partial charge in [0.25, 0.3) is 10.5 Å². The summed E-state index contributed by atoms with van der Waals surface area (Å²) < 4.78 is 5.74. The number of nitriles is 1. The number of carboxylic acids is 1. The number of carbonyl (C=O) groups is 1. The van der Waals surface area contributed by atoms with E-state index in [4.69, 9.17) is 4.74 Å². The average Bonchev–Trinajstić information content (AvgIpc) is 3.39. The van der Waals surface area contributed by atoms with E-state index in [0.717, 1.165) is 33.9 Å². The van der Waals surface area contributed by atoms with Crippen LogP contribution in [0.15, 0.2) is 41.9 Å². The molecule has 0 bridgehead atoms. The van der Waals surface area contributed by atoms with Crippen LogP contribution in [0.3, 0.4) is 0 Å². The molecule has 2 aromatic carbocycles. The third kappa shape index (κ3) is 4.29. The van der Waals surface area contributed by atoms with Gasteiger partial charge in [0.1, 0.15) is 11.8 Å². The van der Waals surface area contributed by atoms with Crippen LogP contribution in [-0.2, 0) is 11.2 Å². The second-order valence-electron chi connectivity index (χ2n) is 7.62. The molecule has 2 atom stereocenters. The molecule has 0 amide bonds. The van der Waals surface area contributed by atoms with Crippen molar-refractivity contribution in [3.63, 3.8) is 0 Å². The van der Waals surface area contributed by atoms with Crippen molar-refractivity contribution < 1.29 is 14.6 Å². The molecule has 0 saturated heterocycles. The van der Waals surface area contributed by atoms with Gasteiger partial charge < -0.3 is 20.0 Å². The van der Waals surface area contributed by atoms with E-state index in [0.29, 0.717) is 11.3 Å². The van der Waals surface area contributed by atoms with Gasteiger partial charge in [-0.1, -0.05) is 22.3 Å². The van der Waals surface area contributed by atoms with Gasteiger partial charge in [-0.25, -0.2) is 0 Å². The van der Waals surface area contributed by atoms with Gasteiger partial charge in [0.2, 0.25) is 0 Å². The van der Waals surface area contributed by atoms with Gasteiger partial charge in [-0.05, 0) is 49.9 Å². The second kappa shape index (κ2) is 8.84. The first kappa shape index (κ1) is 21.0. The molecule has 8 heteroatoms. The van der Waals surface area contributed by atoms with Crippen molar-refractivity contribution in [3.05, 3.63) is 58.6 Å². The summed E-state index contributed by atoms with van der Waals surface area (Å²) in [6.07, 6.45) is 1.63. The predicted octanol–water partition coefficient (Wildman–Crippen LogP) is 2.87. The van der Waals surface area contributed by atoms with Gasteiger partial charge in [0.05, 0.1) is 33.7 Å². The fourth-order valence-corrected chi connectivity index (χ4v) is 5.53. The van der Waals surface area contributed by atoms with E-state index < -0.39 is 16.4 Å². The monoisotopic (exact) mass is 434 g/mol. The molecule has 0 aliphatic heterocycles. The number of nitrogens with one attached hydrogen (secondary N) is 1. The van der Waals surface area contributed by atoms with Gasteiger partial charge in [-0.3, -0.25) is 0 Å². The highest BCUT2D eigenvalue weighted by atomic mass is 32.2. The summed E-state index contributed by atoms with van der Waals surface area (Å²) in [5, 5.41) is 33.0. The Morgan fingerprint density at radius 3 is 2.97 bits per heavy atom. The molecule has 4 rings (SSSR count). The Balaban J connectivity index is 1.71. The average molecular weight is 435 g/mol. The zero-order valence-corrected chi connectivity index (χ0v) is 18.1. The van der Waals surface area contributed by atoms with Crippen molar-refractivity contribution in [2.45, 2.75) is 38.8 Å². The fourth-order valence-electron chi connectivity index (χ4n) is 3.93. The van der Waals surface area contributed by atoms with Crippen molar-refractivity contribution in [1.82, 2.24) is 15.5 Å². The molecule has 7 nitrogen and oxygen atoms in total. The largest absolute Gasteiger partial charge is 0.549 e. The maximum Gasteiger partial charge on any atom is 0.299 e. The predicted molar refractivity (Wildman–Crippen MR) is 116 cm³/mol. The fraction of sp³-hybridized carbons (Fsp3) is 0.304. The van der Waals surface area contributed by atoms with Gasteiger partial charge in [-0.2, -0.15) is 5.26 Å². The Bertz CT molecular complexity index is 1170. The molecule has 0 fully saturated rings. The first-order valence-corrected chi connectivity index (χ1v) is 11.4. The molecule has 0 saturated carbocycles. The van der Waals surface area contributed by atoms with E-state index in [1.54, 1.807) is 0 Å². The minimum Gasteiger partial charge on any atom is -0.549 e. The smallest absolute Gasteiger partial charge is 0.299 e. The number of rotatable bonds is 7. The molecule has 31 heavy (non-hydrogen) atoms. The highest BCUT2D eigenvalue weighted by molar-refractivity contribution is 7.40. The lowest BCUT2D eigenvalue weighted by molar-refractivity contribution is -0.304. The topological polar surface area (TPSA) is 111 Å². The van der Waals surface area contributed by atoms with E-state index in [1.807, 2.05) is 55.8 Å². The normalized spacial score (nSPS) is 15.5. The lowest BCUT2D eigenvalue weighted by Gasteiger charge is -2.14. The number of hydrogen-bond donors (Lipinski definition) is 1. The Hall–Kier alpha value is -3.28. The van der Waals surface area contributed by atoms with E-state index >= 15 is 0 Å². The summed E-state index contributed by atoms with van der Waals surface area (Å²) in [5.74, 6) is -0.542. The van der Waals surface area contributed by atoms with Crippen LogP contribution in [0.4, 0.5) is 0 Å². The van der Waals surface area contributed by atoms with E-state index in [9.17, 15) is 15.2 Å². The van der Waals surface area contributed by atoms with Crippen LogP contribution >= 0.6 is 10.5 Å². The molecule has 1 unspecified atom stereocenters.